The van der Waals surface area contributed by atoms with Gasteiger partial charge in [-0.25, -0.2) is 8.78 Å². The number of aryl methyl sites for hydroxylation is 1. The Labute approximate surface area is 115 Å². The van der Waals surface area contributed by atoms with Gasteiger partial charge in [-0.3, -0.25) is 4.57 Å². The largest absolute Gasteiger partial charge is 0.429 e. The lowest BCUT2D eigenvalue weighted by Gasteiger charge is -2.23. The maximum Gasteiger partial charge on any atom is 0.269 e. The van der Waals surface area contributed by atoms with Crippen LogP contribution in [0.15, 0.2) is 16.5 Å². The van der Waals surface area contributed by atoms with Crippen LogP contribution in [-0.4, -0.2) is 36.7 Å². The van der Waals surface area contributed by atoms with E-state index in [9.17, 15) is 8.78 Å². The number of hydrogen-bond donors (Lipinski definition) is 0. The normalized spacial score (nSPS) is 12.3. The highest BCUT2D eigenvalue weighted by Gasteiger charge is 2.13. The Balaban J connectivity index is 2.30. The van der Waals surface area contributed by atoms with Crippen LogP contribution in [-0.2, 0) is 6.54 Å². The summed E-state index contributed by atoms with van der Waals surface area (Å²) in [4.78, 5) is 0.251. The zero-order chi connectivity index (χ0) is 14.2. The van der Waals surface area contributed by atoms with Crippen molar-refractivity contribution in [2.45, 2.75) is 13.0 Å². The Morgan fingerprint density at radius 1 is 1.21 bits per heavy atom. The summed E-state index contributed by atoms with van der Waals surface area (Å²) in [5.74, 6) is -1.81. The van der Waals surface area contributed by atoms with Crippen LogP contribution in [0.1, 0.15) is 6.42 Å². The molecule has 0 fully saturated rings. The van der Waals surface area contributed by atoms with E-state index in [1.54, 1.807) is 4.57 Å². The lowest BCUT2D eigenvalue weighted by molar-refractivity contribution is -0.870. The van der Waals surface area contributed by atoms with Gasteiger partial charge in [-0.05, 0) is 12.2 Å². The molecule has 0 unspecified atom stereocenters. The van der Waals surface area contributed by atoms with Gasteiger partial charge in [0.1, 0.15) is 0 Å². The van der Waals surface area contributed by atoms with E-state index in [1.807, 2.05) is 0 Å². The number of fused-ring (bicyclic) bond motifs is 1. The SMILES string of the molecule is C[N+](C)(C)CCCn1c(=S)oc2cc(F)c(F)cc21. The van der Waals surface area contributed by atoms with Gasteiger partial charge in [-0.2, -0.15) is 0 Å². The summed E-state index contributed by atoms with van der Waals surface area (Å²) in [5, 5.41) is 0. The van der Waals surface area contributed by atoms with Gasteiger partial charge in [0.2, 0.25) is 0 Å². The van der Waals surface area contributed by atoms with Gasteiger partial charge in [0, 0.05) is 25.1 Å². The van der Waals surface area contributed by atoms with Crippen molar-refractivity contribution in [1.82, 2.24) is 4.57 Å². The number of nitrogens with zero attached hydrogens (tertiary/aromatic N) is 2. The van der Waals surface area contributed by atoms with E-state index in [0.717, 1.165) is 29.6 Å². The van der Waals surface area contributed by atoms with Gasteiger partial charge in [0.15, 0.2) is 17.2 Å². The highest BCUT2D eigenvalue weighted by Crippen LogP contribution is 2.21. The van der Waals surface area contributed by atoms with Crippen LogP contribution in [0.3, 0.4) is 0 Å². The molecule has 2 rings (SSSR count). The molecule has 0 radical (unpaired) electrons. The van der Waals surface area contributed by atoms with Crippen molar-refractivity contribution in [3.63, 3.8) is 0 Å². The topological polar surface area (TPSA) is 18.1 Å². The quantitative estimate of drug-likeness (QED) is 0.634. The van der Waals surface area contributed by atoms with Crippen molar-refractivity contribution in [3.05, 3.63) is 28.6 Å². The molecule has 19 heavy (non-hydrogen) atoms. The monoisotopic (exact) mass is 287 g/mol. The van der Waals surface area contributed by atoms with Crippen LogP contribution in [0.5, 0.6) is 0 Å². The minimum atomic E-state index is -0.922. The average molecular weight is 287 g/mol. The summed E-state index contributed by atoms with van der Waals surface area (Å²) in [6.07, 6.45) is 0.880. The van der Waals surface area contributed by atoms with Crippen LogP contribution in [0, 0.1) is 16.5 Å². The molecule has 6 heteroatoms. The summed E-state index contributed by atoms with van der Waals surface area (Å²) in [5.41, 5.74) is 0.791. The molecule has 0 saturated heterocycles. The zero-order valence-corrected chi connectivity index (χ0v) is 12.1. The average Bonchev–Trinajstić information content (AvgIpc) is 2.55. The van der Waals surface area contributed by atoms with Gasteiger partial charge in [-0.15, -0.1) is 0 Å². The fourth-order valence-corrected chi connectivity index (χ4v) is 2.25. The maximum absolute atomic E-state index is 13.3. The van der Waals surface area contributed by atoms with Crippen molar-refractivity contribution < 1.29 is 17.7 Å². The molecule has 0 saturated carbocycles. The summed E-state index contributed by atoms with van der Waals surface area (Å²) >= 11 is 5.09. The predicted octanol–water partition coefficient (Wildman–Crippen LogP) is 3.34. The van der Waals surface area contributed by atoms with E-state index >= 15 is 0 Å². The third-order valence-electron chi connectivity index (χ3n) is 2.92. The van der Waals surface area contributed by atoms with Gasteiger partial charge in [-0.1, -0.05) is 0 Å². The van der Waals surface area contributed by atoms with Gasteiger partial charge >= 0.3 is 0 Å². The molecule has 0 atom stereocenters. The second kappa shape index (κ2) is 5.02. The van der Waals surface area contributed by atoms with Crippen molar-refractivity contribution in [2.75, 3.05) is 27.7 Å². The first-order valence-corrected chi connectivity index (χ1v) is 6.47. The molecule has 0 aliphatic rings. The van der Waals surface area contributed by atoms with E-state index in [2.05, 4.69) is 21.1 Å². The van der Waals surface area contributed by atoms with E-state index in [0.29, 0.717) is 12.1 Å². The molecule has 0 amide bonds. The molecule has 1 aromatic carbocycles. The lowest BCUT2D eigenvalue weighted by atomic mass is 10.3. The molecular formula is C13H17F2N2OS+. The Hall–Kier alpha value is -1.27. The van der Waals surface area contributed by atoms with Gasteiger partial charge in [0.05, 0.1) is 33.2 Å². The van der Waals surface area contributed by atoms with Gasteiger partial charge < -0.3 is 8.90 Å². The Morgan fingerprint density at radius 3 is 2.47 bits per heavy atom. The molecule has 0 spiro atoms. The molecule has 3 nitrogen and oxygen atoms in total. The molecule has 104 valence electrons. The van der Waals surface area contributed by atoms with Crippen LogP contribution in [0.4, 0.5) is 8.78 Å². The van der Waals surface area contributed by atoms with Crippen LogP contribution in [0.25, 0.3) is 11.1 Å². The number of oxazole rings is 1. The van der Waals surface area contributed by atoms with E-state index in [1.165, 1.54) is 0 Å². The van der Waals surface area contributed by atoms with Crippen molar-refractivity contribution >= 4 is 23.3 Å². The molecule has 2 aromatic rings. The minimum Gasteiger partial charge on any atom is -0.429 e. The van der Waals surface area contributed by atoms with Crippen LogP contribution in [0.2, 0.25) is 0 Å². The number of aromatic nitrogens is 1. The van der Waals surface area contributed by atoms with Crippen LogP contribution >= 0.6 is 12.2 Å². The summed E-state index contributed by atoms with van der Waals surface area (Å²) < 4.78 is 34.2. The summed E-state index contributed by atoms with van der Waals surface area (Å²) in [7, 11) is 6.30. The molecule has 1 aromatic heterocycles. The zero-order valence-electron chi connectivity index (χ0n) is 11.2. The molecular weight excluding hydrogens is 270 g/mol. The predicted molar refractivity (Wildman–Crippen MR) is 72.5 cm³/mol. The second-order valence-electron chi connectivity index (χ2n) is 5.62. The highest BCUT2D eigenvalue weighted by molar-refractivity contribution is 7.71. The number of rotatable bonds is 4. The first-order valence-electron chi connectivity index (χ1n) is 6.07. The first kappa shape index (κ1) is 14.1. The lowest BCUT2D eigenvalue weighted by Crippen LogP contribution is -2.35. The standard InChI is InChI=1S/C13H17F2N2OS/c1-17(2,3)6-4-5-16-11-7-9(14)10(15)8-12(11)18-13(16)19/h7-8H,4-6H2,1-3H3/q+1. The Bertz CT molecular complexity index is 655. The first-order chi connectivity index (χ1) is 8.78. The van der Waals surface area contributed by atoms with E-state index < -0.39 is 11.6 Å². The fourth-order valence-electron chi connectivity index (χ4n) is 1.97. The molecule has 0 aliphatic carbocycles. The second-order valence-corrected chi connectivity index (χ2v) is 5.97. The van der Waals surface area contributed by atoms with Crippen molar-refractivity contribution in [1.29, 1.82) is 0 Å². The van der Waals surface area contributed by atoms with E-state index in [4.69, 9.17) is 16.6 Å². The number of halogens is 2. The number of benzene rings is 1. The number of hydrogen-bond acceptors (Lipinski definition) is 2. The third kappa shape index (κ3) is 3.19. The van der Waals surface area contributed by atoms with Crippen LogP contribution < -0.4 is 0 Å². The molecule has 0 bridgehead atoms. The highest BCUT2D eigenvalue weighted by atomic mass is 32.1. The Kier molecular flexibility index (Phi) is 3.73. The van der Waals surface area contributed by atoms with Gasteiger partial charge in [0.25, 0.3) is 4.84 Å². The summed E-state index contributed by atoms with van der Waals surface area (Å²) in [6.45, 7) is 1.59. The maximum atomic E-state index is 13.3. The minimum absolute atomic E-state index is 0.251. The smallest absolute Gasteiger partial charge is 0.269 e. The molecule has 1 heterocycles. The van der Waals surface area contributed by atoms with Crippen molar-refractivity contribution in [3.8, 4) is 0 Å². The fraction of sp³-hybridized carbons (Fsp3) is 0.462. The van der Waals surface area contributed by atoms with Crippen molar-refractivity contribution in [2.24, 2.45) is 0 Å². The Morgan fingerprint density at radius 2 is 1.84 bits per heavy atom. The van der Waals surface area contributed by atoms with E-state index in [-0.39, 0.29) is 10.4 Å². The number of quaternary nitrogens is 1. The molecule has 0 aliphatic heterocycles. The molecule has 0 N–H and O–H groups in total. The summed E-state index contributed by atoms with van der Waals surface area (Å²) in [6, 6.07) is 2.17. The third-order valence-corrected chi connectivity index (χ3v) is 3.22.